The number of piperidine rings is 1. The first-order valence-corrected chi connectivity index (χ1v) is 8.93. The predicted octanol–water partition coefficient (Wildman–Crippen LogP) is 0.260. The normalized spacial score (nSPS) is 27.1. The Hall–Kier alpha value is -0.210. The van der Waals surface area contributed by atoms with Crippen molar-refractivity contribution < 1.29 is 13.2 Å². The maximum absolute atomic E-state index is 12.5. The maximum Gasteiger partial charge on any atom is 0.281 e. The predicted molar refractivity (Wildman–Crippen MR) is 78.4 cm³/mol. The molecule has 0 aromatic heterocycles. The Morgan fingerprint density at radius 2 is 1.95 bits per heavy atom. The monoisotopic (exact) mass is 305 g/mol. The third kappa shape index (κ3) is 3.92. The fourth-order valence-corrected chi connectivity index (χ4v) is 4.45. The van der Waals surface area contributed by atoms with Gasteiger partial charge in [0.05, 0.1) is 6.61 Å². The third-order valence-electron chi connectivity index (χ3n) is 4.40. The summed E-state index contributed by atoms with van der Waals surface area (Å²) in [7, 11) is -1.64. The Morgan fingerprint density at radius 3 is 2.50 bits per heavy atom. The second-order valence-electron chi connectivity index (χ2n) is 5.95. The number of nitrogens with zero attached hydrogens (tertiary/aromatic N) is 2. The summed E-state index contributed by atoms with van der Waals surface area (Å²) in [6, 6.07) is 0. The zero-order valence-corrected chi connectivity index (χ0v) is 13.1. The number of hydrogen-bond donors (Lipinski definition) is 1. The van der Waals surface area contributed by atoms with E-state index < -0.39 is 10.2 Å². The van der Waals surface area contributed by atoms with E-state index in [-0.39, 0.29) is 0 Å². The Bertz CT molecular complexity index is 388. The lowest BCUT2D eigenvalue weighted by Crippen LogP contribution is -2.48. The van der Waals surface area contributed by atoms with Crippen LogP contribution in [-0.4, -0.2) is 63.5 Å². The molecule has 2 rings (SSSR count). The highest BCUT2D eigenvalue weighted by Crippen LogP contribution is 2.22. The number of rotatable bonds is 5. The first-order chi connectivity index (χ1) is 9.54. The van der Waals surface area contributed by atoms with E-state index >= 15 is 0 Å². The lowest BCUT2D eigenvalue weighted by Gasteiger charge is -2.34. The largest absolute Gasteiger partial charge is 0.381 e. The quantitative estimate of drug-likeness (QED) is 0.790. The molecule has 0 bridgehead atoms. The molecule has 7 heteroatoms. The molecule has 20 heavy (non-hydrogen) atoms. The van der Waals surface area contributed by atoms with Gasteiger partial charge in [-0.25, -0.2) is 0 Å². The fourth-order valence-electron chi connectivity index (χ4n) is 2.98. The van der Waals surface area contributed by atoms with Gasteiger partial charge in [0.25, 0.3) is 10.2 Å². The highest BCUT2D eigenvalue weighted by atomic mass is 32.2. The van der Waals surface area contributed by atoms with Crippen molar-refractivity contribution in [1.29, 1.82) is 0 Å². The fraction of sp³-hybridized carbons (Fsp3) is 1.00. The van der Waals surface area contributed by atoms with Gasteiger partial charge < -0.3 is 10.5 Å². The Kier molecular flexibility index (Phi) is 5.80. The molecule has 1 atom stereocenters. The van der Waals surface area contributed by atoms with Crippen LogP contribution in [0.3, 0.4) is 0 Å². The molecule has 0 aromatic rings. The van der Waals surface area contributed by atoms with E-state index in [0.717, 1.165) is 32.3 Å². The summed E-state index contributed by atoms with van der Waals surface area (Å²) in [5.74, 6) is 0.795. The van der Waals surface area contributed by atoms with E-state index in [2.05, 4.69) is 0 Å². The molecule has 118 valence electrons. The van der Waals surface area contributed by atoms with Gasteiger partial charge in [0, 0.05) is 33.3 Å². The minimum absolute atomic E-state index is 0.324. The highest BCUT2D eigenvalue weighted by Gasteiger charge is 2.32. The molecule has 0 amide bonds. The van der Waals surface area contributed by atoms with E-state index in [1.807, 2.05) is 0 Å². The summed E-state index contributed by atoms with van der Waals surface area (Å²) in [4.78, 5) is 0. The van der Waals surface area contributed by atoms with E-state index in [9.17, 15) is 8.42 Å². The number of hydrogen-bond acceptors (Lipinski definition) is 4. The van der Waals surface area contributed by atoms with E-state index in [1.165, 1.54) is 4.31 Å². The molecule has 2 fully saturated rings. The van der Waals surface area contributed by atoms with Crippen molar-refractivity contribution in [3.05, 3.63) is 0 Å². The van der Waals surface area contributed by atoms with Gasteiger partial charge in [-0.15, -0.1) is 0 Å². The van der Waals surface area contributed by atoms with E-state index in [4.69, 9.17) is 10.5 Å². The Balaban J connectivity index is 1.88. The first kappa shape index (κ1) is 16.2. The lowest BCUT2D eigenvalue weighted by atomic mass is 9.99. The average Bonchev–Trinajstić information content (AvgIpc) is 2.48. The van der Waals surface area contributed by atoms with Crippen LogP contribution in [0.25, 0.3) is 0 Å². The molecule has 2 heterocycles. The first-order valence-electron chi connectivity index (χ1n) is 7.53. The van der Waals surface area contributed by atoms with Crippen molar-refractivity contribution in [2.24, 2.45) is 17.6 Å². The van der Waals surface area contributed by atoms with Gasteiger partial charge in [0.2, 0.25) is 0 Å². The van der Waals surface area contributed by atoms with Crippen LogP contribution in [-0.2, 0) is 14.9 Å². The van der Waals surface area contributed by atoms with Gasteiger partial charge >= 0.3 is 0 Å². The van der Waals surface area contributed by atoms with Crippen molar-refractivity contribution >= 4 is 10.2 Å². The topological polar surface area (TPSA) is 75.9 Å². The zero-order chi connectivity index (χ0) is 14.6. The summed E-state index contributed by atoms with van der Waals surface area (Å²) in [5, 5.41) is 0. The van der Waals surface area contributed by atoms with E-state index in [1.54, 1.807) is 11.4 Å². The summed E-state index contributed by atoms with van der Waals surface area (Å²) in [6.07, 6.45) is 3.82. The molecule has 6 nitrogen and oxygen atoms in total. The molecule has 0 aliphatic carbocycles. The minimum atomic E-state index is -3.32. The molecular weight excluding hydrogens is 278 g/mol. The van der Waals surface area contributed by atoms with E-state index in [0.29, 0.717) is 44.6 Å². The van der Waals surface area contributed by atoms with Crippen LogP contribution in [0.4, 0.5) is 0 Å². The summed E-state index contributed by atoms with van der Waals surface area (Å²) in [6.45, 7) is 3.88. The molecule has 0 radical (unpaired) electrons. The summed E-state index contributed by atoms with van der Waals surface area (Å²) in [5.41, 5.74) is 5.65. The van der Waals surface area contributed by atoms with Crippen molar-refractivity contribution in [2.45, 2.75) is 25.7 Å². The summed E-state index contributed by atoms with van der Waals surface area (Å²) < 4.78 is 33.6. The molecule has 2 saturated heterocycles. The smallest absolute Gasteiger partial charge is 0.281 e. The maximum atomic E-state index is 12.5. The van der Waals surface area contributed by atoms with Crippen molar-refractivity contribution in [2.75, 3.05) is 46.4 Å². The molecule has 0 saturated carbocycles. The second kappa shape index (κ2) is 7.17. The Morgan fingerprint density at radius 1 is 1.25 bits per heavy atom. The molecule has 1 unspecified atom stereocenters. The summed E-state index contributed by atoms with van der Waals surface area (Å²) >= 11 is 0. The van der Waals surface area contributed by atoms with Gasteiger partial charge in [0.1, 0.15) is 0 Å². The third-order valence-corrected chi connectivity index (χ3v) is 6.35. The Labute approximate surface area is 122 Å². The van der Waals surface area contributed by atoms with Crippen molar-refractivity contribution in [1.82, 2.24) is 8.61 Å². The van der Waals surface area contributed by atoms with Gasteiger partial charge in [-0.2, -0.15) is 17.0 Å². The molecule has 2 aliphatic heterocycles. The van der Waals surface area contributed by atoms with Gasteiger partial charge in [0.15, 0.2) is 0 Å². The van der Waals surface area contributed by atoms with Crippen LogP contribution in [0.1, 0.15) is 25.7 Å². The van der Waals surface area contributed by atoms with Gasteiger partial charge in [-0.3, -0.25) is 0 Å². The van der Waals surface area contributed by atoms with Crippen LogP contribution in [0.2, 0.25) is 0 Å². The number of ether oxygens (including phenoxy) is 1. The molecule has 2 N–H and O–H groups in total. The van der Waals surface area contributed by atoms with Crippen LogP contribution >= 0.6 is 0 Å². The van der Waals surface area contributed by atoms with Gasteiger partial charge in [-0.1, -0.05) is 0 Å². The lowest BCUT2D eigenvalue weighted by molar-refractivity contribution is 0.0489. The van der Waals surface area contributed by atoms with Crippen LogP contribution in [0, 0.1) is 11.8 Å². The minimum Gasteiger partial charge on any atom is -0.381 e. The van der Waals surface area contributed by atoms with Crippen LogP contribution in [0.15, 0.2) is 0 Å². The standard InChI is InChI=1S/C13H27N3O3S/c1-15(10-13-3-2-8-19-11-13)20(17,18)16-6-4-12(9-14)5-7-16/h12-13H,2-11,14H2,1H3. The molecular formula is C13H27N3O3S. The number of nitrogens with two attached hydrogens (primary N) is 1. The zero-order valence-electron chi connectivity index (χ0n) is 12.3. The second-order valence-corrected chi connectivity index (χ2v) is 7.98. The van der Waals surface area contributed by atoms with Crippen LogP contribution < -0.4 is 5.73 Å². The highest BCUT2D eigenvalue weighted by molar-refractivity contribution is 7.86. The average molecular weight is 305 g/mol. The molecule has 0 spiro atoms. The SMILES string of the molecule is CN(CC1CCCOC1)S(=O)(=O)N1CCC(CN)CC1. The van der Waals surface area contributed by atoms with Crippen molar-refractivity contribution in [3.8, 4) is 0 Å². The van der Waals surface area contributed by atoms with Crippen molar-refractivity contribution in [3.63, 3.8) is 0 Å². The molecule has 2 aliphatic rings. The van der Waals surface area contributed by atoms with Gasteiger partial charge in [-0.05, 0) is 44.1 Å². The van der Waals surface area contributed by atoms with Crippen LogP contribution in [0.5, 0.6) is 0 Å². The molecule has 0 aromatic carbocycles.